The van der Waals surface area contributed by atoms with Crippen molar-refractivity contribution in [1.29, 1.82) is 5.26 Å². The number of hydrogen-bond acceptors (Lipinski definition) is 3. The minimum absolute atomic E-state index is 0.0687. The van der Waals surface area contributed by atoms with E-state index in [9.17, 15) is 9.18 Å². The van der Waals surface area contributed by atoms with E-state index in [2.05, 4.69) is 16.3 Å². The first-order valence-corrected chi connectivity index (χ1v) is 6.76. The molecule has 1 heterocycles. The molecule has 1 amide bonds. The molecule has 1 saturated heterocycles. The molecule has 20 heavy (non-hydrogen) atoms. The monoisotopic (exact) mass is 275 g/mol. The molecule has 106 valence electrons. The first kappa shape index (κ1) is 14.5. The van der Waals surface area contributed by atoms with Crippen LogP contribution in [0.15, 0.2) is 18.2 Å². The molecule has 2 rings (SSSR count). The molecule has 1 aromatic rings. The maximum absolute atomic E-state index is 13.3. The van der Waals surface area contributed by atoms with Gasteiger partial charge in [-0.25, -0.2) is 4.39 Å². The first-order chi connectivity index (χ1) is 9.63. The summed E-state index contributed by atoms with van der Waals surface area (Å²) < 4.78 is 13.3. The summed E-state index contributed by atoms with van der Waals surface area (Å²) >= 11 is 0. The van der Waals surface area contributed by atoms with Crippen molar-refractivity contribution in [3.63, 3.8) is 0 Å². The maximum atomic E-state index is 13.3. The summed E-state index contributed by atoms with van der Waals surface area (Å²) in [7, 11) is 1.65. The molecule has 0 aliphatic carbocycles. The van der Waals surface area contributed by atoms with Crippen LogP contribution in [0, 0.1) is 23.1 Å². The first-order valence-electron chi connectivity index (χ1n) is 6.76. The van der Waals surface area contributed by atoms with Gasteiger partial charge in [-0.3, -0.25) is 9.69 Å². The summed E-state index contributed by atoms with van der Waals surface area (Å²) in [6, 6.07) is 6.33. The van der Waals surface area contributed by atoms with Crippen LogP contribution in [-0.2, 0) is 11.3 Å². The Morgan fingerprint density at radius 3 is 2.80 bits per heavy atom. The third-order valence-electron chi connectivity index (χ3n) is 3.79. The number of nitrogens with zero attached hydrogens (tertiary/aromatic N) is 2. The lowest BCUT2D eigenvalue weighted by molar-refractivity contribution is -0.125. The zero-order valence-electron chi connectivity index (χ0n) is 11.5. The van der Waals surface area contributed by atoms with Crippen molar-refractivity contribution >= 4 is 5.91 Å². The molecule has 0 unspecified atom stereocenters. The van der Waals surface area contributed by atoms with Gasteiger partial charge in [0.2, 0.25) is 5.91 Å². The number of nitriles is 1. The van der Waals surface area contributed by atoms with Crippen LogP contribution in [0.1, 0.15) is 24.0 Å². The number of rotatable bonds is 3. The van der Waals surface area contributed by atoms with Crippen LogP contribution in [0.3, 0.4) is 0 Å². The molecule has 1 fully saturated rings. The summed E-state index contributed by atoms with van der Waals surface area (Å²) in [4.78, 5) is 13.7. The Hall–Kier alpha value is -1.93. The Kier molecular flexibility index (Phi) is 4.70. The molecule has 5 heteroatoms. The molecule has 0 aromatic heterocycles. The van der Waals surface area contributed by atoms with Crippen LogP contribution < -0.4 is 5.32 Å². The Balaban J connectivity index is 1.98. The smallest absolute Gasteiger partial charge is 0.222 e. The zero-order valence-corrected chi connectivity index (χ0v) is 11.5. The molecule has 0 saturated carbocycles. The number of likely N-dealkylation sites (tertiary alicyclic amines) is 1. The van der Waals surface area contributed by atoms with Crippen LogP contribution in [0.25, 0.3) is 0 Å². The Morgan fingerprint density at radius 1 is 1.50 bits per heavy atom. The van der Waals surface area contributed by atoms with E-state index in [1.165, 1.54) is 18.2 Å². The van der Waals surface area contributed by atoms with E-state index in [1.807, 2.05) is 0 Å². The molecular formula is C15H18FN3O. The zero-order chi connectivity index (χ0) is 14.5. The van der Waals surface area contributed by atoms with Crippen molar-refractivity contribution < 1.29 is 9.18 Å². The summed E-state index contributed by atoms with van der Waals surface area (Å²) in [5.41, 5.74) is 1.23. The number of piperidine rings is 1. The molecular weight excluding hydrogens is 257 g/mol. The molecule has 1 aromatic carbocycles. The van der Waals surface area contributed by atoms with Gasteiger partial charge >= 0.3 is 0 Å². The Labute approximate surface area is 118 Å². The molecule has 1 aliphatic heterocycles. The highest BCUT2D eigenvalue weighted by Gasteiger charge is 2.24. The quantitative estimate of drug-likeness (QED) is 0.912. The van der Waals surface area contributed by atoms with Crippen molar-refractivity contribution in [3.05, 3.63) is 35.1 Å². The summed E-state index contributed by atoms with van der Waals surface area (Å²) in [6.07, 6.45) is 1.60. The fourth-order valence-electron chi connectivity index (χ4n) is 2.60. The van der Waals surface area contributed by atoms with Gasteiger partial charge in [0.25, 0.3) is 0 Å². The molecule has 1 aliphatic rings. The van der Waals surface area contributed by atoms with Crippen LogP contribution in [0.4, 0.5) is 4.39 Å². The van der Waals surface area contributed by atoms with Gasteiger partial charge in [0.1, 0.15) is 5.82 Å². The second kappa shape index (κ2) is 6.49. The molecule has 0 bridgehead atoms. The van der Waals surface area contributed by atoms with Gasteiger partial charge < -0.3 is 5.32 Å². The fraction of sp³-hybridized carbons (Fsp3) is 0.467. The predicted octanol–water partition coefficient (Wildman–Crippen LogP) is 1.66. The van der Waals surface area contributed by atoms with E-state index in [0.29, 0.717) is 17.7 Å². The highest BCUT2D eigenvalue weighted by Crippen LogP contribution is 2.20. The second-order valence-corrected chi connectivity index (χ2v) is 5.08. The number of halogens is 1. The van der Waals surface area contributed by atoms with Crippen molar-refractivity contribution in [1.82, 2.24) is 10.2 Å². The predicted molar refractivity (Wildman–Crippen MR) is 73.2 cm³/mol. The van der Waals surface area contributed by atoms with Gasteiger partial charge in [-0.15, -0.1) is 0 Å². The molecule has 0 atom stereocenters. The van der Waals surface area contributed by atoms with E-state index in [-0.39, 0.29) is 17.6 Å². The van der Waals surface area contributed by atoms with Gasteiger partial charge in [0.15, 0.2) is 0 Å². The van der Waals surface area contributed by atoms with Crippen LogP contribution in [0.5, 0.6) is 0 Å². The van der Waals surface area contributed by atoms with Gasteiger partial charge in [0, 0.05) is 19.5 Å². The van der Waals surface area contributed by atoms with Crippen molar-refractivity contribution in [2.75, 3.05) is 20.1 Å². The van der Waals surface area contributed by atoms with E-state index >= 15 is 0 Å². The number of amides is 1. The van der Waals surface area contributed by atoms with E-state index < -0.39 is 0 Å². The highest BCUT2D eigenvalue weighted by atomic mass is 19.1. The van der Waals surface area contributed by atoms with Crippen LogP contribution in [0.2, 0.25) is 0 Å². The average Bonchev–Trinajstić information content (AvgIpc) is 2.47. The standard InChI is InChI=1S/C15H18FN3O/c1-18-15(20)11-4-6-19(7-5-11)10-13-8-14(16)3-2-12(13)9-17/h2-3,8,11H,4-7,10H2,1H3,(H,18,20). The number of benzene rings is 1. The maximum Gasteiger partial charge on any atom is 0.222 e. The van der Waals surface area contributed by atoms with E-state index in [1.54, 1.807) is 7.05 Å². The van der Waals surface area contributed by atoms with E-state index in [4.69, 9.17) is 5.26 Å². The van der Waals surface area contributed by atoms with Crippen molar-refractivity contribution in [2.45, 2.75) is 19.4 Å². The third kappa shape index (κ3) is 3.34. The minimum Gasteiger partial charge on any atom is -0.359 e. The van der Waals surface area contributed by atoms with Gasteiger partial charge in [-0.1, -0.05) is 0 Å². The van der Waals surface area contributed by atoms with Crippen LogP contribution >= 0.6 is 0 Å². The summed E-state index contributed by atoms with van der Waals surface area (Å²) in [5.74, 6) is -0.161. The highest BCUT2D eigenvalue weighted by molar-refractivity contribution is 5.78. The largest absolute Gasteiger partial charge is 0.359 e. The lowest BCUT2D eigenvalue weighted by Crippen LogP contribution is -2.39. The molecule has 4 nitrogen and oxygen atoms in total. The van der Waals surface area contributed by atoms with Crippen molar-refractivity contribution in [3.8, 4) is 6.07 Å². The van der Waals surface area contributed by atoms with Crippen molar-refractivity contribution in [2.24, 2.45) is 5.92 Å². The third-order valence-corrected chi connectivity index (χ3v) is 3.79. The van der Waals surface area contributed by atoms with Gasteiger partial charge in [-0.2, -0.15) is 5.26 Å². The Bertz CT molecular complexity index is 530. The molecule has 1 N–H and O–H groups in total. The normalized spacial score (nSPS) is 16.6. The number of carbonyl (C=O) groups is 1. The SMILES string of the molecule is CNC(=O)C1CCN(Cc2cc(F)ccc2C#N)CC1. The lowest BCUT2D eigenvalue weighted by atomic mass is 9.95. The topological polar surface area (TPSA) is 56.1 Å². The summed E-state index contributed by atoms with van der Waals surface area (Å²) in [6.45, 7) is 2.14. The van der Waals surface area contributed by atoms with E-state index in [0.717, 1.165) is 25.9 Å². The van der Waals surface area contributed by atoms with Crippen LogP contribution in [-0.4, -0.2) is 30.9 Å². The second-order valence-electron chi connectivity index (χ2n) is 5.08. The summed E-state index contributed by atoms with van der Waals surface area (Å²) in [5, 5.41) is 11.7. The number of hydrogen-bond donors (Lipinski definition) is 1. The van der Waals surface area contributed by atoms with Gasteiger partial charge in [0.05, 0.1) is 11.6 Å². The number of nitrogens with one attached hydrogen (secondary N) is 1. The van der Waals surface area contributed by atoms with Gasteiger partial charge in [-0.05, 0) is 49.7 Å². The average molecular weight is 275 g/mol. The minimum atomic E-state index is -0.320. The Morgan fingerprint density at radius 2 is 2.20 bits per heavy atom. The number of carbonyl (C=O) groups excluding carboxylic acids is 1. The fourth-order valence-corrected chi connectivity index (χ4v) is 2.60. The lowest BCUT2D eigenvalue weighted by Gasteiger charge is -2.31. The molecule has 0 spiro atoms. The molecule has 0 radical (unpaired) electrons.